The fourth-order valence-corrected chi connectivity index (χ4v) is 1.81. The first kappa shape index (κ1) is 16.5. The van der Waals surface area contributed by atoms with E-state index in [-0.39, 0.29) is 5.75 Å². The largest absolute Gasteiger partial charge is 0.484 e. The van der Waals surface area contributed by atoms with Gasteiger partial charge in [0, 0.05) is 12.6 Å². The summed E-state index contributed by atoms with van der Waals surface area (Å²) < 4.78 is 41.2. The molecule has 0 radical (unpaired) electrons. The van der Waals surface area contributed by atoms with Crippen LogP contribution in [0.3, 0.4) is 0 Å². The molecule has 1 saturated carbocycles. The molecule has 1 fully saturated rings. The fraction of sp³-hybridized carbons (Fsp3) is 0.533. The quantitative estimate of drug-likeness (QED) is 0.627. The third-order valence-electron chi connectivity index (χ3n) is 2.98. The number of ether oxygens (including phenoxy) is 1. The predicted molar refractivity (Wildman–Crippen MR) is 79.0 cm³/mol. The van der Waals surface area contributed by atoms with Crippen LogP contribution in [0.15, 0.2) is 29.3 Å². The van der Waals surface area contributed by atoms with E-state index in [0.717, 1.165) is 30.9 Å². The van der Waals surface area contributed by atoms with Crippen molar-refractivity contribution in [2.24, 2.45) is 4.99 Å². The summed E-state index contributed by atoms with van der Waals surface area (Å²) in [6.07, 6.45) is -2.04. The van der Waals surface area contributed by atoms with Crippen LogP contribution in [-0.4, -0.2) is 31.3 Å². The van der Waals surface area contributed by atoms with Gasteiger partial charge in [0.2, 0.25) is 0 Å². The van der Waals surface area contributed by atoms with E-state index >= 15 is 0 Å². The van der Waals surface area contributed by atoms with E-state index in [0.29, 0.717) is 12.6 Å². The zero-order chi connectivity index (χ0) is 16.0. The third-order valence-corrected chi connectivity index (χ3v) is 2.98. The zero-order valence-corrected chi connectivity index (χ0v) is 12.4. The van der Waals surface area contributed by atoms with Gasteiger partial charge >= 0.3 is 6.18 Å². The van der Waals surface area contributed by atoms with Crippen LogP contribution in [-0.2, 0) is 6.54 Å². The Kier molecular flexibility index (Phi) is 5.51. The summed E-state index contributed by atoms with van der Waals surface area (Å²) in [5.74, 6) is 0.928. The molecule has 7 heteroatoms. The van der Waals surface area contributed by atoms with Gasteiger partial charge < -0.3 is 15.4 Å². The van der Waals surface area contributed by atoms with Crippen molar-refractivity contribution >= 4 is 5.96 Å². The Morgan fingerprint density at radius 3 is 2.77 bits per heavy atom. The predicted octanol–water partition coefficient (Wildman–Crippen LogP) is 2.85. The summed E-state index contributed by atoms with van der Waals surface area (Å²) in [6, 6.07) is 7.05. The zero-order valence-electron chi connectivity index (χ0n) is 12.4. The van der Waals surface area contributed by atoms with Gasteiger partial charge in [0.1, 0.15) is 5.75 Å². The number of guanidine groups is 1. The average molecular weight is 315 g/mol. The first-order valence-electron chi connectivity index (χ1n) is 7.29. The van der Waals surface area contributed by atoms with Crippen LogP contribution >= 0.6 is 0 Å². The van der Waals surface area contributed by atoms with Gasteiger partial charge in [-0.1, -0.05) is 12.1 Å². The molecular formula is C15H20F3N3O. The Bertz CT molecular complexity index is 513. The molecule has 122 valence electrons. The van der Waals surface area contributed by atoms with Gasteiger partial charge in [0.05, 0.1) is 6.54 Å². The minimum absolute atomic E-state index is 0.199. The summed E-state index contributed by atoms with van der Waals surface area (Å²) in [6.45, 7) is 1.83. The third kappa shape index (κ3) is 6.24. The Hall–Kier alpha value is -1.92. The second kappa shape index (κ2) is 7.38. The van der Waals surface area contributed by atoms with E-state index in [9.17, 15) is 13.2 Å². The monoisotopic (exact) mass is 315 g/mol. The highest BCUT2D eigenvalue weighted by Crippen LogP contribution is 2.20. The molecule has 0 amide bonds. The van der Waals surface area contributed by atoms with Crippen molar-refractivity contribution < 1.29 is 17.9 Å². The maximum absolute atomic E-state index is 12.1. The number of nitrogens with one attached hydrogen (secondary N) is 2. The number of benzene rings is 1. The first-order valence-corrected chi connectivity index (χ1v) is 7.29. The van der Waals surface area contributed by atoms with Crippen LogP contribution in [0.25, 0.3) is 0 Å². The van der Waals surface area contributed by atoms with Crippen molar-refractivity contribution in [3.8, 4) is 5.75 Å². The highest BCUT2D eigenvalue weighted by molar-refractivity contribution is 5.80. The Morgan fingerprint density at radius 2 is 2.14 bits per heavy atom. The molecule has 0 bridgehead atoms. The normalized spacial score (nSPS) is 15.5. The number of aliphatic imine (C=N–C) groups is 1. The molecule has 1 aliphatic rings. The van der Waals surface area contributed by atoms with Gasteiger partial charge in [-0.05, 0) is 37.5 Å². The van der Waals surface area contributed by atoms with Crippen molar-refractivity contribution in [2.75, 3.05) is 13.2 Å². The standard InChI is InChI=1S/C15H20F3N3O/c1-2-19-14(21-12-6-7-12)20-9-11-4-3-5-13(8-11)22-10-15(16,17)18/h3-5,8,12H,2,6-7,9-10H2,1H3,(H2,19,20,21). The number of rotatable bonds is 6. The SMILES string of the molecule is CCNC(=NCc1cccc(OCC(F)(F)F)c1)NC1CC1. The molecule has 0 aromatic heterocycles. The van der Waals surface area contributed by atoms with Crippen molar-refractivity contribution in [1.29, 1.82) is 0 Å². The van der Waals surface area contributed by atoms with E-state index in [1.165, 1.54) is 6.07 Å². The second-order valence-electron chi connectivity index (χ2n) is 5.17. The van der Waals surface area contributed by atoms with Crippen LogP contribution in [0.4, 0.5) is 13.2 Å². The lowest BCUT2D eigenvalue weighted by Crippen LogP contribution is -2.38. The molecule has 1 aromatic rings. The van der Waals surface area contributed by atoms with Crippen molar-refractivity contribution in [3.05, 3.63) is 29.8 Å². The second-order valence-corrected chi connectivity index (χ2v) is 5.17. The molecule has 0 saturated heterocycles. The highest BCUT2D eigenvalue weighted by atomic mass is 19.4. The lowest BCUT2D eigenvalue weighted by Gasteiger charge is -2.11. The highest BCUT2D eigenvalue weighted by Gasteiger charge is 2.28. The van der Waals surface area contributed by atoms with E-state index in [4.69, 9.17) is 4.74 Å². The number of alkyl halides is 3. The number of nitrogens with zero attached hydrogens (tertiary/aromatic N) is 1. The number of halogens is 3. The summed E-state index contributed by atoms with van der Waals surface area (Å²) >= 11 is 0. The minimum Gasteiger partial charge on any atom is -0.484 e. The van der Waals surface area contributed by atoms with E-state index < -0.39 is 12.8 Å². The summed E-state index contributed by atoms with van der Waals surface area (Å²) in [7, 11) is 0. The smallest absolute Gasteiger partial charge is 0.422 e. The summed E-state index contributed by atoms with van der Waals surface area (Å²) in [5, 5.41) is 6.42. The molecular weight excluding hydrogens is 295 g/mol. The molecule has 0 atom stereocenters. The minimum atomic E-state index is -4.33. The van der Waals surface area contributed by atoms with Gasteiger partial charge in [-0.3, -0.25) is 0 Å². The molecule has 2 rings (SSSR count). The van der Waals surface area contributed by atoms with Crippen LogP contribution in [0.2, 0.25) is 0 Å². The lowest BCUT2D eigenvalue weighted by molar-refractivity contribution is -0.153. The van der Waals surface area contributed by atoms with Crippen LogP contribution in [0.5, 0.6) is 5.75 Å². The molecule has 0 unspecified atom stereocenters. The Labute approximate surface area is 127 Å². The molecule has 22 heavy (non-hydrogen) atoms. The van der Waals surface area contributed by atoms with E-state index in [1.807, 2.05) is 13.0 Å². The van der Waals surface area contributed by atoms with E-state index in [2.05, 4.69) is 15.6 Å². The van der Waals surface area contributed by atoms with E-state index in [1.54, 1.807) is 12.1 Å². The number of hydrogen-bond donors (Lipinski definition) is 2. The Morgan fingerprint density at radius 1 is 1.36 bits per heavy atom. The molecule has 2 N–H and O–H groups in total. The van der Waals surface area contributed by atoms with Crippen LogP contribution in [0.1, 0.15) is 25.3 Å². The van der Waals surface area contributed by atoms with Gasteiger partial charge in [-0.2, -0.15) is 13.2 Å². The first-order chi connectivity index (χ1) is 10.5. The molecule has 0 heterocycles. The van der Waals surface area contributed by atoms with Crippen molar-refractivity contribution in [1.82, 2.24) is 10.6 Å². The lowest BCUT2D eigenvalue weighted by atomic mass is 10.2. The maximum Gasteiger partial charge on any atom is 0.422 e. The average Bonchev–Trinajstić information content (AvgIpc) is 3.27. The molecule has 4 nitrogen and oxygen atoms in total. The summed E-state index contributed by atoms with van der Waals surface area (Å²) in [5.41, 5.74) is 0.799. The topological polar surface area (TPSA) is 45.7 Å². The molecule has 0 aliphatic heterocycles. The van der Waals surface area contributed by atoms with Gasteiger partial charge in [-0.25, -0.2) is 4.99 Å². The van der Waals surface area contributed by atoms with Crippen LogP contribution < -0.4 is 15.4 Å². The van der Waals surface area contributed by atoms with Gasteiger partial charge in [-0.15, -0.1) is 0 Å². The molecule has 1 aliphatic carbocycles. The molecule has 1 aromatic carbocycles. The van der Waals surface area contributed by atoms with Crippen LogP contribution in [0, 0.1) is 0 Å². The van der Waals surface area contributed by atoms with Gasteiger partial charge in [0.25, 0.3) is 0 Å². The summed E-state index contributed by atoms with van der Waals surface area (Å²) in [4.78, 5) is 4.43. The van der Waals surface area contributed by atoms with Crippen molar-refractivity contribution in [3.63, 3.8) is 0 Å². The number of hydrogen-bond acceptors (Lipinski definition) is 2. The Balaban J connectivity index is 1.93. The fourth-order valence-electron chi connectivity index (χ4n) is 1.81. The van der Waals surface area contributed by atoms with Gasteiger partial charge in [0.15, 0.2) is 12.6 Å². The molecule has 0 spiro atoms. The van der Waals surface area contributed by atoms with Crippen molar-refractivity contribution in [2.45, 2.75) is 38.5 Å². The maximum atomic E-state index is 12.1.